The van der Waals surface area contributed by atoms with Gasteiger partial charge in [0.1, 0.15) is 8.24 Å². The highest BCUT2D eigenvalue weighted by atomic mass is 28.3. The van der Waals surface area contributed by atoms with Gasteiger partial charge in [-0.05, 0) is 6.04 Å². The van der Waals surface area contributed by atoms with E-state index >= 15 is 0 Å². The predicted molar refractivity (Wildman–Crippen MR) is 78.1 cm³/mol. The molecule has 1 saturated heterocycles. The molecule has 0 unspecified atom stereocenters. The molecular weight excluding hydrogens is 226 g/mol. The lowest BCUT2D eigenvalue weighted by Crippen LogP contribution is -2.53. The molecular formula is C14H31NOSi. The first kappa shape index (κ1) is 15.2. The number of hydrogen-bond donors (Lipinski definition) is 0. The van der Waals surface area contributed by atoms with Crippen LogP contribution in [0.4, 0.5) is 0 Å². The minimum atomic E-state index is -1.12. The van der Waals surface area contributed by atoms with Crippen molar-refractivity contribution in [3.8, 4) is 0 Å². The molecule has 0 aliphatic carbocycles. The van der Waals surface area contributed by atoms with Gasteiger partial charge in [-0.3, -0.25) is 0 Å². The van der Waals surface area contributed by atoms with Gasteiger partial charge in [-0.25, -0.2) is 0 Å². The van der Waals surface area contributed by atoms with Crippen molar-refractivity contribution in [2.45, 2.75) is 64.6 Å². The molecule has 0 amide bonds. The van der Waals surface area contributed by atoms with Crippen molar-refractivity contribution >= 4 is 8.24 Å². The Morgan fingerprint density at radius 3 is 2.18 bits per heavy atom. The smallest absolute Gasteiger partial charge is 0.122 e. The highest BCUT2D eigenvalue weighted by Crippen LogP contribution is 2.21. The molecule has 1 aliphatic heterocycles. The molecule has 0 radical (unpaired) electrons. The molecule has 1 rings (SSSR count). The molecule has 0 aromatic heterocycles. The molecule has 0 aromatic carbocycles. The van der Waals surface area contributed by atoms with Crippen LogP contribution in [-0.4, -0.2) is 39.1 Å². The number of ether oxygens (including phenoxy) is 1. The van der Waals surface area contributed by atoms with Crippen molar-refractivity contribution in [1.29, 1.82) is 0 Å². The van der Waals surface area contributed by atoms with Gasteiger partial charge in [0.2, 0.25) is 0 Å². The van der Waals surface area contributed by atoms with Crippen molar-refractivity contribution in [1.82, 2.24) is 4.57 Å². The van der Waals surface area contributed by atoms with E-state index in [9.17, 15) is 0 Å². The highest BCUT2D eigenvalue weighted by Gasteiger charge is 2.29. The fourth-order valence-electron chi connectivity index (χ4n) is 2.66. The van der Waals surface area contributed by atoms with Crippen LogP contribution in [0.1, 0.15) is 45.4 Å². The molecule has 1 fully saturated rings. The first-order valence-corrected chi connectivity index (χ1v) is 10.6. The molecule has 0 bridgehead atoms. The van der Waals surface area contributed by atoms with Gasteiger partial charge in [-0.2, -0.15) is 0 Å². The molecule has 0 saturated carbocycles. The monoisotopic (exact) mass is 257 g/mol. The van der Waals surface area contributed by atoms with Gasteiger partial charge in [0.15, 0.2) is 0 Å². The lowest BCUT2D eigenvalue weighted by Gasteiger charge is -2.39. The fraction of sp³-hybridized carbons (Fsp3) is 1.00. The predicted octanol–water partition coefficient (Wildman–Crippen LogP) is 3.88. The van der Waals surface area contributed by atoms with Gasteiger partial charge < -0.3 is 9.30 Å². The van der Waals surface area contributed by atoms with E-state index in [2.05, 4.69) is 24.6 Å². The lowest BCUT2D eigenvalue weighted by molar-refractivity contribution is 0.0687. The van der Waals surface area contributed by atoms with Crippen LogP contribution >= 0.6 is 0 Å². The van der Waals surface area contributed by atoms with Gasteiger partial charge in [0, 0.05) is 13.1 Å². The van der Waals surface area contributed by atoms with Crippen LogP contribution in [-0.2, 0) is 4.74 Å². The van der Waals surface area contributed by atoms with Crippen LogP contribution in [0.3, 0.4) is 0 Å². The molecule has 0 spiro atoms. The Labute approximate surface area is 109 Å². The van der Waals surface area contributed by atoms with Crippen LogP contribution in [0.15, 0.2) is 0 Å². The Hall–Kier alpha value is 0.137. The maximum atomic E-state index is 5.45. The van der Waals surface area contributed by atoms with Crippen molar-refractivity contribution in [2.24, 2.45) is 0 Å². The third kappa shape index (κ3) is 6.02. The number of unbranched alkanes of at least 4 members (excludes halogenated alkanes) is 5. The molecule has 0 aromatic rings. The highest BCUT2D eigenvalue weighted by molar-refractivity contribution is 6.74. The quantitative estimate of drug-likeness (QED) is 0.483. The normalized spacial score (nSPS) is 18.5. The van der Waals surface area contributed by atoms with E-state index in [0.29, 0.717) is 0 Å². The fourth-order valence-corrected chi connectivity index (χ4v) is 5.49. The third-order valence-electron chi connectivity index (χ3n) is 4.01. The van der Waals surface area contributed by atoms with Crippen molar-refractivity contribution in [3.05, 3.63) is 0 Å². The van der Waals surface area contributed by atoms with Crippen LogP contribution in [0.25, 0.3) is 0 Å². The van der Waals surface area contributed by atoms with Crippen LogP contribution in [0.5, 0.6) is 0 Å². The zero-order valence-electron chi connectivity index (χ0n) is 12.1. The second-order valence-electron chi connectivity index (χ2n) is 5.93. The molecule has 1 heterocycles. The SMILES string of the molecule is CCCCCCCC[Si](C)(C)N1CCOCC1. The van der Waals surface area contributed by atoms with Gasteiger partial charge in [-0.1, -0.05) is 58.5 Å². The largest absolute Gasteiger partial charge is 0.379 e. The second-order valence-corrected chi connectivity index (χ2v) is 10.7. The van der Waals surface area contributed by atoms with E-state index in [1.54, 1.807) is 0 Å². The number of nitrogens with zero attached hydrogens (tertiary/aromatic N) is 1. The molecule has 0 N–H and O–H groups in total. The van der Waals surface area contributed by atoms with Gasteiger partial charge in [0.05, 0.1) is 13.2 Å². The zero-order chi connectivity index (χ0) is 12.6. The summed E-state index contributed by atoms with van der Waals surface area (Å²) in [5.74, 6) is 0. The second kappa shape index (κ2) is 8.28. The molecule has 2 nitrogen and oxygen atoms in total. The van der Waals surface area contributed by atoms with Gasteiger partial charge in [-0.15, -0.1) is 0 Å². The van der Waals surface area contributed by atoms with E-state index in [-0.39, 0.29) is 0 Å². The summed E-state index contributed by atoms with van der Waals surface area (Å²) in [6, 6.07) is 1.47. The molecule has 17 heavy (non-hydrogen) atoms. The summed E-state index contributed by atoms with van der Waals surface area (Å²) in [5.41, 5.74) is 0. The Kier molecular flexibility index (Phi) is 7.40. The Balaban J connectivity index is 2.10. The molecule has 1 aliphatic rings. The molecule has 3 heteroatoms. The van der Waals surface area contributed by atoms with Gasteiger partial charge in [0.25, 0.3) is 0 Å². The van der Waals surface area contributed by atoms with Crippen molar-refractivity contribution < 1.29 is 4.74 Å². The van der Waals surface area contributed by atoms with Crippen LogP contribution < -0.4 is 0 Å². The first-order chi connectivity index (χ1) is 8.17. The zero-order valence-corrected chi connectivity index (χ0v) is 13.1. The maximum absolute atomic E-state index is 5.45. The minimum Gasteiger partial charge on any atom is -0.379 e. The molecule has 0 atom stereocenters. The lowest BCUT2D eigenvalue weighted by atomic mass is 10.1. The summed E-state index contributed by atoms with van der Waals surface area (Å²) in [4.78, 5) is 0. The number of morpholine rings is 1. The molecule has 102 valence electrons. The topological polar surface area (TPSA) is 12.5 Å². The summed E-state index contributed by atoms with van der Waals surface area (Å²) < 4.78 is 8.18. The maximum Gasteiger partial charge on any atom is 0.122 e. The summed E-state index contributed by atoms with van der Waals surface area (Å²) in [6.07, 6.45) is 8.55. The van der Waals surface area contributed by atoms with Crippen LogP contribution in [0, 0.1) is 0 Å². The van der Waals surface area contributed by atoms with E-state index < -0.39 is 8.24 Å². The number of hydrogen-bond acceptors (Lipinski definition) is 2. The van der Waals surface area contributed by atoms with E-state index in [4.69, 9.17) is 4.74 Å². The van der Waals surface area contributed by atoms with Crippen molar-refractivity contribution in [3.63, 3.8) is 0 Å². The van der Waals surface area contributed by atoms with Crippen LogP contribution in [0.2, 0.25) is 19.1 Å². The minimum absolute atomic E-state index is 0.951. The van der Waals surface area contributed by atoms with E-state index in [1.165, 1.54) is 57.7 Å². The standard InChI is InChI=1S/C14H31NOSi/c1-4-5-6-7-8-9-14-17(2,3)15-10-12-16-13-11-15/h4-14H2,1-3H3. The Bertz CT molecular complexity index is 191. The first-order valence-electron chi connectivity index (χ1n) is 7.49. The summed E-state index contributed by atoms with van der Waals surface area (Å²) in [6.45, 7) is 11.6. The van der Waals surface area contributed by atoms with Crippen molar-refractivity contribution in [2.75, 3.05) is 26.3 Å². The third-order valence-corrected chi connectivity index (χ3v) is 7.75. The van der Waals surface area contributed by atoms with E-state index in [1.807, 2.05) is 0 Å². The summed E-state index contributed by atoms with van der Waals surface area (Å²) in [5, 5.41) is 0. The number of rotatable bonds is 8. The summed E-state index contributed by atoms with van der Waals surface area (Å²) in [7, 11) is -1.12. The Morgan fingerprint density at radius 1 is 0.941 bits per heavy atom. The summed E-state index contributed by atoms with van der Waals surface area (Å²) >= 11 is 0. The average molecular weight is 257 g/mol. The average Bonchev–Trinajstić information content (AvgIpc) is 2.35. The Morgan fingerprint density at radius 2 is 1.53 bits per heavy atom. The van der Waals surface area contributed by atoms with Gasteiger partial charge >= 0.3 is 0 Å². The van der Waals surface area contributed by atoms with E-state index in [0.717, 1.165) is 13.2 Å².